The van der Waals surface area contributed by atoms with E-state index in [1.54, 1.807) is 37.7 Å². The highest BCUT2D eigenvalue weighted by molar-refractivity contribution is 6.31. The van der Waals surface area contributed by atoms with Crippen LogP contribution < -0.4 is 10.1 Å². The number of hydrogen-bond donors (Lipinski definition) is 1. The molecule has 1 N–H and O–H groups in total. The summed E-state index contributed by atoms with van der Waals surface area (Å²) >= 11 is 6.12. The molecule has 7 heteroatoms. The Labute approximate surface area is 168 Å². The fourth-order valence-corrected chi connectivity index (χ4v) is 3.37. The number of nitrogens with zero attached hydrogens (tertiary/aromatic N) is 4. The molecule has 0 radical (unpaired) electrons. The minimum atomic E-state index is 0.315. The number of aromatic nitrogens is 4. The second-order valence-corrected chi connectivity index (χ2v) is 7.11. The highest BCUT2D eigenvalue weighted by atomic mass is 35.5. The van der Waals surface area contributed by atoms with Gasteiger partial charge in [-0.05, 0) is 44.2 Å². The molecular formula is C21H20ClN5O. The van der Waals surface area contributed by atoms with Gasteiger partial charge in [0.05, 0.1) is 30.2 Å². The number of nitrogens with one attached hydrogen (secondary N) is 1. The first kappa shape index (κ1) is 18.3. The van der Waals surface area contributed by atoms with Crippen LogP contribution in [0.1, 0.15) is 19.9 Å². The maximum absolute atomic E-state index is 6.12. The second kappa shape index (κ2) is 7.48. The maximum Gasteiger partial charge on any atom is 0.227 e. The van der Waals surface area contributed by atoms with Crippen LogP contribution in [0, 0.1) is 0 Å². The van der Waals surface area contributed by atoms with Crippen LogP contribution in [0.3, 0.4) is 0 Å². The third-order valence-corrected chi connectivity index (χ3v) is 4.77. The number of fused-ring (bicyclic) bond motifs is 1. The zero-order chi connectivity index (χ0) is 19.7. The molecule has 0 unspecified atom stereocenters. The van der Waals surface area contributed by atoms with Crippen LogP contribution >= 0.6 is 11.6 Å². The zero-order valence-corrected chi connectivity index (χ0v) is 16.6. The van der Waals surface area contributed by atoms with Gasteiger partial charge in [0.1, 0.15) is 5.75 Å². The van der Waals surface area contributed by atoms with E-state index in [4.69, 9.17) is 21.3 Å². The molecule has 0 fully saturated rings. The predicted molar refractivity (Wildman–Crippen MR) is 112 cm³/mol. The topological polar surface area (TPSA) is 64.9 Å². The molecule has 0 atom stereocenters. The first-order valence-electron chi connectivity index (χ1n) is 8.95. The van der Waals surface area contributed by atoms with Gasteiger partial charge < -0.3 is 14.6 Å². The van der Waals surface area contributed by atoms with Gasteiger partial charge in [-0.25, -0.2) is 9.97 Å². The second-order valence-electron chi connectivity index (χ2n) is 6.67. The molecule has 0 aliphatic carbocycles. The highest BCUT2D eigenvalue weighted by Gasteiger charge is 2.14. The third kappa shape index (κ3) is 3.39. The molecule has 0 saturated carbocycles. The van der Waals surface area contributed by atoms with Gasteiger partial charge in [0.2, 0.25) is 5.95 Å². The van der Waals surface area contributed by atoms with Crippen molar-refractivity contribution >= 4 is 34.1 Å². The van der Waals surface area contributed by atoms with E-state index >= 15 is 0 Å². The summed E-state index contributed by atoms with van der Waals surface area (Å²) in [7, 11) is 1.61. The smallest absolute Gasteiger partial charge is 0.227 e. The Morgan fingerprint density at radius 2 is 2.00 bits per heavy atom. The SMILES string of the molecule is COc1ccc(Cl)cc1Nc1nccc(-c2cn(C(C)C)c3cnccc23)n1. The van der Waals surface area contributed by atoms with Crippen LogP contribution in [0.5, 0.6) is 5.75 Å². The van der Waals surface area contributed by atoms with Crippen molar-refractivity contribution in [3.8, 4) is 17.0 Å². The van der Waals surface area contributed by atoms with Gasteiger partial charge in [-0.15, -0.1) is 0 Å². The molecule has 0 aliphatic rings. The van der Waals surface area contributed by atoms with Gasteiger partial charge >= 0.3 is 0 Å². The van der Waals surface area contributed by atoms with Crippen molar-refractivity contribution < 1.29 is 4.74 Å². The summed E-state index contributed by atoms with van der Waals surface area (Å²) < 4.78 is 7.59. The summed E-state index contributed by atoms with van der Waals surface area (Å²) in [6.07, 6.45) is 7.54. The summed E-state index contributed by atoms with van der Waals surface area (Å²) in [5.41, 5.74) is 3.65. The number of pyridine rings is 1. The van der Waals surface area contributed by atoms with E-state index in [2.05, 4.69) is 39.9 Å². The first-order chi connectivity index (χ1) is 13.6. The lowest BCUT2D eigenvalue weighted by Gasteiger charge is -2.11. The molecule has 0 bridgehead atoms. The van der Waals surface area contributed by atoms with Gasteiger partial charge in [0.25, 0.3) is 0 Å². The maximum atomic E-state index is 6.12. The van der Waals surface area contributed by atoms with Crippen molar-refractivity contribution in [2.24, 2.45) is 0 Å². The lowest BCUT2D eigenvalue weighted by atomic mass is 10.1. The molecule has 4 rings (SSSR count). The van der Waals surface area contributed by atoms with Crippen molar-refractivity contribution in [2.45, 2.75) is 19.9 Å². The van der Waals surface area contributed by atoms with Crippen molar-refractivity contribution in [2.75, 3.05) is 12.4 Å². The largest absolute Gasteiger partial charge is 0.495 e. The molecule has 1 aromatic carbocycles. The highest BCUT2D eigenvalue weighted by Crippen LogP contribution is 2.33. The Bertz CT molecular complexity index is 1140. The van der Waals surface area contributed by atoms with E-state index in [0.29, 0.717) is 28.4 Å². The van der Waals surface area contributed by atoms with Crippen LogP contribution in [-0.4, -0.2) is 26.6 Å². The summed E-state index contributed by atoms with van der Waals surface area (Å²) in [5, 5.41) is 4.91. The van der Waals surface area contributed by atoms with Crippen molar-refractivity contribution in [1.82, 2.24) is 19.5 Å². The number of halogens is 1. The molecule has 3 heterocycles. The van der Waals surface area contributed by atoms with Gasteiger partial charge in [-0.3, -0.25) is 4.98 Å². The Kier molecular flexibility index (Phi) is 4.88. The van der Waals surface area contributed by atoms with E-state index in [1.165, 1.54) is 0 Å². The number of anilines is 2. The van der Waals surface area contributed by atoms with E-state index in [-0.39, 0.29) is 0 Å². The predicted octanol–water partition coefficient (Wildman–Crippen LogP) is 5.48. The van der Waals surface area contributed by atoms with Gasteiger partial charge in [0, 0.05) is 40.6 Å². The molecule has 0 saturated heterocycles. The molecule has 6 nitrogen and oxygen atoms in total. The fraction of sp³-hybridized carbons (Fsp3) is 0.190. The normalized spacial score (nSPS) is 11.2. The Morgan fingerprint density at radius 1 is 1.14 bits per heavy atom. The molecular weight excluding hydrogens is 374 g/mol. The fourth-order valence-electron chi connectivity index (χ4n) is 3.20. The third-order valence-electron chi connectivity index (χ3n) is 4.53. The zero-order valence-electron chi connectivity index (χ0n) is 15.8. The summed E-state index contributed by atoms with van der Waals surface area (Å²) in [5.74, 6) is 1.14. The Morgan fingerprint density at radius 3 is 2.79 bits per heavy atom. The minimum absolute atomic E-state index is 0.315. The van der Waals surface area contributed by atoms with E-state index in [1.807, 2.05) is 18.3 Å². The van der Waals surface area contributed by atoms with Crippen molar-refractivity contribution in [3.63, 3.8) is 0 Å². The molecule has 3 aromatic heterocycles. The van der Waals surface area contributed by atoms with Crippen LogP contribution in [0.2, 0.25) is 5.02 Å². The number of rotatable bonds is 5. The summed E-state index contributed by atoms with van der Waals surface area (Å²) in [6.45, 7) is 4.29. The van der Waals surface area contributed by atoms with Crippen molar-refractivity contribution in [1.29, 1.82) is 0 Å². The van der Waals surface area contributed by atoms with Crippen LogP contribution in [0.4, 0.5) is 11.6 Å². The minimum Gasteiger partial charge on any atom is -0.495 e. The van der Waals surface area contributed by atoms with Gasteiger partial charge in [-0.1, -0.05) is 11.6 Å². The van der Waals surface area contributed by atoms with E-state index in [0.717, 1.165) is 22.2 Å². The average Bonchev–Trinajstić information content (AvgIpc) is 3.08. The molecule has 0 aliphatic heterocycles. The lowest BCUT2D eigenvalue weighted by Crippen LogP contribution is -2.00. The summed E-state index contributed by atoms with van der Waals surface area (Å²) in [6, 6.07) is 9.59. The quantitative estimate of drug-likeness (QED) is 0.486. The van der Waals surface area contributed by atoms with E-state index < -0.39 is 0 Å². The standard InChI is InChI=1S/C21H20ClN5O/c1-13(2)27-12-16(15-6-8-23-11-19(15)27)17-7-9-24-21(25-17)26-18-10-14(22)4-5-20(18)28-3/h4-13H,1-3H3,(H,24,25,26). The van der Waals surface area contributed by atoms with E-state index in [9.17, 15) is 0 Å². The van der Waals surface area contributed by atoms with Crippen molar-refractivity contribution in [3.05, 3.63) is 60.1 Å². The van der Waals surface area contributed by atoms with Gasteiger partial charge in [0.15, 0.2) is 0 Å². The summed E-state index contributed by atoms with van der Waals surface area (Å²) in [4.78, 5) is 13.3. The molecule has 4 aromatic rings. The molecule has 28 heavy (non-hydrogen) atoms. The lowest BCUT2D eigenvalue weighted by molar-refractivity contribution is 0.417. The molecule has 0 amide bonds. The van der Waals surface area contributed by atoms with Crippen LogP contribution in [0.25, 0.3) is 22.2 Å². The monoisotopic (exact) mass is 393 g/mol. The number of hydrogen-bond acceptors (Lipinski definition) is 5. The average molecular weight is 394 g/mol. The van der Waals surface area contributed by atoms with Gasteiger partial charge in [-0.2, -0.15) is 0 Å². The molecule has 142 valence electrons. The first-order valence-corrected chi connectivity index (χ1v) is 9.33. The Balaban J connectivity index is 1.76. The number of benzene rings is 1. The molecule has 0 spiro atoms. The number of ether oxygens (including phenoxy) is 1. The van der Waals surface area contributed by atoms with Crippen LogP contribution in [-0.2, 0) is 0 Å². The van der Waals surface area contributed by atoms with Crippen LogP contribution in [0.15, 0.2) is 55.1 Å². The number of methoxy groups -OCH3 is 1. The Hall–Kier alpha value is -3.12.